The molecule has 0 fully saturated rings. The maximum atomic E-state index is 8.51. The van der Waals surface area contributed by atoms with Crippen molar-refractivity contribution in [3.05, 3.63) is 16.6 Å². The van der Waals surface area contributed by atoms with Crippen molar-refractivity contribution in [3.8, 4) is 0 Å². The highest BCUT2D eigenvalue weighted by Gasteiger charge is 1.92. The Morgan fingerprint density at radius 3 is 3.08 bits per heavy atom. The van der Waals surface area contributed by atoms with Crippen molar-refractivity contribution in [2.45, 2.75) is 19.4 Å². The first-order valence-corrected chi connectivity index (χ1v) is 5.06. The maximum absolute atomic E-state index is 8.51. The zero-order chi connectivity index (χ0) is 8.65. The topological polar surface area (TPSA) is 45.1 Å². The lowest BCUT2D eigenvalue weighted by atomic mass is 10.3. The lowest BCUT2D eigenvalue weighted by Crippen LogP contribution is -2.15. The van der Waals surface area contributed by atoms with Crippen molar-refractivity contribution >= 4 is 11.3 Å². The predicted octanol–water partition coefficient (Wildman–Crippen LogP) is 1.01. The van der Waals surface area contributed by atoms with E-state index < -0.39 is 0 Å². The zero-order valence-corrected chi connectivity index (χ0v) is 7.81. The van der Waals surface area contributed by atoms with Crippen LogP contribution in [-0.2, 0) is 6.54 Å². The summed E-state index contributed by atoms with van der Waals surface area (Å²) in [5, 5.41) is 13.8. The van der Waals surface area contributed by atoms with E-state index in [2.05, 4.69) is 10.3 Å². The molecule has 0 saturated heterocycles. The van der Waals surface area contributed by atoms with E-state index in [1.165, 1.54) is 0 Å². The number of hydrogen-bond acceptors (Lipinski definition) is 4. The molecule has 0 aliphatic rings. The zero-order valence-electron chi connectivity index (χ0n) is 6.99. The van der Waals surface area contributed by atoms with Crippen LogP contribution in [0.4, 0.5) is 0 Å². The molecule has 0 aliphatic heterocycles. The molecular formula is C8H14N2OS. The summed E-state index contributed by atoms with van der Waals surface area (Å²) in [4.78, 5) is 4.14. The highest BCUT2D eigenvalue weighted by atomic mass is 32.1. The van der Waals surface area contributed by atoms with Crippen LogP contribution in [-0.4, -0.2) is 23.2 Å². The second kappa shape index (κ2) is 6.11. The first-order chi connectivity index (χ1) is 5.93. The van der Waals surface area contributed by atoms with E-state index in [0.29, 0.717) is 6.61 Å². The summed E-state index contributed by atoms with van der Waals surface area (Å²) >= 11 is 1.62. The van der Waals surface area contributed by atoms with Gasteiger partial charge in [-0.1, -0.05) is 0 Å². The van der Waals surface area contributed by atoms with Gasteiger partial charge in [0.2, 0.25) is 0 Å². The third kappa shape index (κ3) is 3.80. The molecule has 0 spiro atoms. The summed E-state index contributed by atoms with van der Waals surface area (Å²) in [6, 6.07) is 0. The summed E-state index contributed by atoms with van der Waals surface area (Å²) in [5.41, 5.74) is 2.94. The standard InChI is InChI=1S/C8H14N2OS/c11-4-2-1-3-9-5-8-6-12-7-10-8/h6-7,9,11H,1-5H2. The minimum Gasteiger partial charge on any atom is -0.396 e. The van der Waals surface area contributed by atoms with Crippen LogP contribution in [0.25, 0.3) is 0 Å². The fourth-order valence-electron chi connectivity index (χ4n) is 0.903. The summed E-state index contributed by atoms with van der Waals surface area (Å²) in [6.07, 6.45) is 1.91. The molecule has 4 heteroatoms. The first-order valence-electron chi connectivity index (χ1n) is 4.12. The molecule has 1 heterocycles. The Labute approximate surface area is 76.5 Å². The SMILES string of the molecule is OCCCCNCc1cscn1. The van der Waals surface area contributed by atoms with Crippen molar-refractivity contribution < 1.29 is 5.11 Å². The number of nitrogens with one attached hydrogen (secondary N) is 1. The molecule has 0 saturated carbocycles. The Bertz CT molecular complexity index is 189. The normalized spacial score (nSPS) is 10.4. The largest absolute Gasteiger partial charge is 0.396 e. The summed E-state index contributed by atoms with van der Waals surface area (Å²) in [7, 11) is 0. The van der Waals surface area contributed by atoms with E-state index >= 15 is 0 Å². The minimum absolute atomic E-state index is 0.290. The number of rotatable bonds is 6. The fourth-order valence-corrected chi connectivity index (χ4v) is 1.46. The smallest absolute Gasteiger partial charge is 0.0795 e. The molecule has 68 valence electrons. The lowest BCUT2D eigenvalue weighted by Gasteiger charge is -2.00. The van der Waals surface area contributed by atoms with Crippen LogP contribution >= 0.6 is 11.3 Å². The molecule has 3 nitrogen and oxygen atoms in total. The molecule has 1 aromatic heterocycles. The molecule has 0 unspecified atom stereocenters. The molecule has 0 amide bonds. The monoisotopic (exact) mass is 186 g/mol. The predicted molar refractivity (Wildman–Crippen MR) is 50.1 cm³/mol. The second-order valence-corrected chi connectivity index (χ2v) is 3.31. The quantitative estimate of drug-likeness (QED) is 0.652. The van der Waals surface area contributed by atoms with Gasteiger partial charge >= 0.3 is 0 Å². The molecule has 12 heavy (non-hydrogen) atoms. The fraction of sp³-hybridized carbons (Fsp3) is 0.625. The van der Waals surface area contributed by atoms with Gasteiger partial charge < -0.3 is 10.4 Å². The minimum atomic E-state index is 0.290. The third-order valence-electron chi connectivity index (χ3n) is 1.55. The molecule has 1 aromatic rings. The van der Waals surface area contributed by atoms with Crippen molar-refractivity contribution in [1.82, 2.24) is 10.3 Å². The molecule has 1 rings (SSSR count). The van der Waals surface area contributed by atoms with Crippen LogP contribution in [0.2, 0.25) is 0 Å². The van der Waals surface area contributed by atoms with Crippen molar-refractivity contribution in [2.75, 3.05) is 13.2 Å². The second-order valence-electron chi connectivity index (χ2n) is 2.59. The van der Waals surface area contributed by atoms with Crippen LogP contribution in [0.3, 0.4) is 0 Å². The van der Waals surface area contributed by atoms with E-state index in [1.807, 2.05) is 10.9 Å². The van der Waals surface area contributed by atoms with Crippen LogP contribution in [0.15, 0.2) is 10.9 Å². The van der Waals surface area contributed by atoms with E-state index in [9.17, 15) is 0 Å². The Morgan fingerprint density at radius 1 is 1.50 bits per heavy atom. The number of unbranched alkanes of at least 4 members (excludes halogenated alkanes) is 1. The third-order valence-corrected chi connectivity index (χ3v) is 2.19. The lowest BCUT2D eigenvalue weighted by molar-refractivity contribution is 0.283. The highest BCUT2D eigenvalue weighted by Crippen LogP contribution is 1.99. The van der Waals surface area contributed by atoms with Gasteiger partial charge in [-0.25, -0.2) is 4.98 Å². The summed E-state index contributed by atoms with van der Waals surface area (Å²) < 4.78 is 0. The van der Waals surface area contributed by atoms with E-state index in [1.54, 1.807) is 11.3 Å². The Morgan fingerprint density at radius 2 is 2.42 bits per heavy atom. The molecule has 0 bridgehead atoms. The van der Waals surface area contributed by atoms with Gasteiger partial charge in [0.15, 0.2) is 0 Å². The number of thiazole rings is 1. The van der Waals surface area contributed by atoms with E-state index in [-0.39, 0.29) is 0 Å². The molecule has 0 radical (unpaired) electrons. The summed E-state index contributed by atoms with van der Waals surface area (Å²) in [5.74, 6) is 0. The number of aliphatic hydroxyl groups is 1. The van der Waals surface area contributed by atoms with Gasteiger partial charge in [-0.2, -0.15) is 0 Å². The molecular weight excluding hydrogens is 172 g/mol. The molecule has 2 N–H and O–H groups in total. The van der Waals surface area contributed by atoms with Gasteiger partial charge in [0.1, 0.15) is 0 Å². The van der Waals surface area contributed by atoms with Gasteiger partial charge in [0, 0.05) is 18.5 Å². The Hall–Kier alpha value is -0.450. The average Bonchev–Trinajstić information content (AvgIpc) is 2.57. The van der Waals surface area contributed by atoms with Crippen molar-refractivity contribution in [3.63, 3.8) is 0 Å². The van der Waals surface area contributed by atoms with Crippen LogP contribution < -0.4 is 5.32 Å². The molecule has 0 aromatic carbocycles. The number of aliphatic hydroxyl groups excluding tert-OH is 1. The van der Waals surface area contributed by atoms with Crippen molar-refractivity contribution in [1.29, 1.82) is 0 Å². The maximum Gasteiger partial charge on any atom is 0.0795 e. The van der Waals surface area contributed by atoms with E-state index in [0.717, 1.165) is 31.6 Å². The highest BCUT2D eigenvalue weighted by molar-refractivity contribution is 7.07. The summed E-state index contributed by atoms with van der Waals surface area (Å²) in [6.45, 7) is 2.09. The molecule has 0 atom stereocenters. The van der Waals surface area contributed by atoms with E-state index in [4.69, 9.17) is 5.11 Å². The number of aromatic nitrogens is 1. The van der Waals surface area contributed by atoms with Gasteiger partial charge in [-0.05, 0) is 19.4 Å². The van der Waals surface area contributed by atoms with Crippen LogP contribution in [0.5, 0.6) is 0 Å². The van der Waals surface area contributed by atoms with Gasteiger partial charge in [-0.15, -0.1) is 11.3 Å². The Kier molecular flexibility index (Phi) is 4.91. The molecule has 0 aliphatic carbocycles. The number of nitrogens with zero attached hydrogens (tertiary/aromatic N) is 1. The first kappa shape index (κ1) is 9.64. The van der Waals surface area contributed by atoms with Gasteiger partial charge in [-0.3, -0.25) is 0 Å². The number of hydrogen-bond donors (Lipinski definition) is 2. The van der Waals surface area contributed by atoms with Crippen LogP contribution in [0, 0.1) is 0 Å². The Balaban J connectivity index is 1.96. The van der Waals surface area contributed by atoms with Crippen molar-refractivity contribution in [2.24, 2.45) is 0 Å². The average molecular weight is 186 g/mol. The van der Waals surface area contributed by atoms with Gasteiger partial charge in [0.25, 0.3) is 0 Å². The van der Waals surface area contributed by atoms with Crippen LogP contribution in [0.1, 0.15) is 18.5 Å². The van der Waals surface area contributed by atoms with Gasteiger partial charge in [0.05, 0.1) is 11.2 Å².